The number of methoxy groups -OCH3 is 1. The summed E-state index contributed by atoms with van der Waals surface area (Å²) in [6.45, 7) is 2.51. The molecule has 0 radical (unpaired) electrons. The predicted molar refractivity (Wildman–Crippen MR) is 101 cm³/mol. The molecule has 9 nitrogen and oxygen atoms in total. The highest BCUT2D eigenvalue weighted by molar-refractivity contribution is 7.99. The summed E-state index contributed by atoms with van der Waals surface area (Å²) in [4.78, 5) is 23.0. The number of imidazole rings is 1. The molecule has 148 valence electrons. The van der Waals surface area contributed by atoms with Crippen LogP contribution in [0.15, 0.2) is 22.1 Å². The van der Waals surface area contributed by atoms with Crippen LogP contribution in [0.3, 0.4) is 0 Å². The van der Waals surface area contributed by atoms with Gasteiger partial charge in [0.2, 0.25) is 5.89 Å². The summed E-state index contributed by atoms with van der Waals surface area (Å²) in [6.07, 6.45) is 6.19. The van der Waals surface area contributed by atoms with Crippen LogP contribution in [0.4, 0.5) is 4.79 Å². The molecule has 10 heteroatoms. The smallest absolute Gasteiger partial charge is 0.317 e. The molecule has 2 aromatic rings. The van der Waals surface area contributed by atoms with E-state index in [0.29, 0.717) is 37.8 Å². The zero-order valence-corrected chi connectivity index (χ0v) is 16.6. The number of rotatable bonds is 8. The first kappa shape index (κ1) is 19.7. The molecule has 1 saturated heterocycles. The minimum Gasteiger partial charge on any atom is -0.384 e. The van der Waals surface area contributed by atoms with E-state index in [2.05, 4.69) is 20.4 Å². The van der Waals surface area contributed by atoms with E-state index in [1.165, 1.54) is 0 Å². The zero-order chi connectivity index (χ0) is 19.1. The number of nitrogens with zero attached hydrogens (tertiary/aromatic N) is 5. The maximum absolute atomic E-state index is 12.5. The van der Waals surface area contributed by atoms with Gasteiger partial charge in [-0.3, -0.25) is 0 Å². The molecule has 2 aromatic heterocycles. The summed E-state index contributed by atoms with van der Waals surface area (Å²) in [7, 11) is 3.60. The number of carbonyl (C=O) groups excluding carboxylic acids is 1. The number of amides is 2. The van der Waals surface area contributed by atoms with Crippen LogP contribution in [0.1, 0.15) is 30.5 Å². The third-order valence-electron chi connectivity index (χ3n) is 4.46. The number of aryl methyl sites for hydroxylation is 1. The van der Waals surface area contributed by atoms with Gasteiger partial charge in [0.1, 0.15) is 0 Å². The van der Waals surface area contributed by atoms with Gasteiger partial charge in [0.15, 0.2) is 11.0 Å². The fourth-order valence-corrected chi connectivity index (χ4v) is 3.78. The summed E-state index contributed by atoms with van der Waals surface area (Å²) in [5, 5.41) is 7.93. The molecule has 1 atom stereocenters. The van der Waals surface area contributed by atoms with E-state index >= 15 is 0 Å². The standard InChI is InChI=1S/C17H26N6O3S/c1-22-9-6-19-17(22)27-11-7-18-16(24)23-8-3-4-13(12-23)15-20-14(21-26-15)5-10-25-2/h6,9,13H,3-5,7-8,10-12H2,1-2H3,(H,18,24)/t13-/m1/s1. The minimum absolute atomic E-state index is 0.0423. The molecule has 1 aliphatic rings. The van der Waals surface area contributed by atoms with E-state index in [4.69, 9.17) is 9.26 Å². The van der Waals surface area contributed by atoms with Gasteiger partial charge in [0, 0.05) is 58.4 Å². The highest BCUT2D eigenvalue weighted by atomic mass is 32.2. The topological polar surface area (TPSA) is 98.3 Å². The average Bonchev–Trinajstić information content (AvgIpc) is 3.32. The lowest BCUT2D eigenvalue weighted by atomic mass is 9.98. The number of urea groups is 1. The third-order valence-corrected chi connectivity index (χ3v) is 5.52. The first-order chi connectivity index (χ1) is 13.2. The number of carbonyl (C=O) groups is 1. The molecule has 0 saturated carbocycles. The lowest BCUT2D eigenvalue weighted by molar-refractivity contribution is 0.172. The first-order valence-corrected chi connectivity index (χ1v) is 10.1. The Balaban J connectivity index is 1.43. The van der Waals surface area contributed by atoms with Crippen molar-refractivity contribution in [1.29, 1.82) is 0 Å². The third kappa shape index (κ3) is 5.46. The van der Waals surface area contributed by atoms with Gasteiger partial charge < -0.3 is 24.0 Å². The van der Waals surface area contributed by atoms with E-state index < -0.39 is 0 Å². The van der Waals surface area contributed by atoms with Crippen molar-refractivity contribution in [2.24, 2.45) is 7.05 Å². The second-order valence-corrected chi connectivity index (χ2v) is 7.54. The fraction of sp³-hybridized carbons (Fsp3) is 0.647. The van der Waals surface area contributed by atoms with Gasteiger partial charge in [-0.1, -0.05) is 16.9 Å². The molecule has 0 spiro atoms. The van der Waals surface area contributed by atoms with Gasteiger partial charge in [-0.05, 0) is 12.8 Å². The summed E-state index contributed by atoms with van der Waals surface area (Å²) >= 11 is 1.62. The van der Waals surface area contributed by atoms with Crippen LogP contribution >= 0.6 is 11.8 Å². The molecule has 0 aromatic carbocycles. The van der Waals surface area contributed by atoms with Crippen molar-refractivity contribution in [2.45, 2.75) is 30.3 Å². The van der Waals surface area contributed by atoms with Crippen molar-refractivity contribution in [3.8, 4) is 0 Å². The van der Waals surface area contributed by atoms with Gasteiger partial charge >= 0.3 is 6.03 Å². The Morgan fingerprint density at radius 1 is 1.52 bits per heavy atom. The Morgan fingerprint density at radius 3 is 3.19 bits per heavy atom. The average molecular weight is 395 g/mol. The Bertz CT molecular complexity index is 734. The number of nitrogens with one attached hydrogen (secondary N) is 1. The molecule has 1 aliphatic heterocycles. The Kier molecular flexibility index (Phi) is 7.11. The Hall–Kier alpha value is -2.07. The number of ether oxygens (including phenoxy) is 1. The molecule has 27 heavy (non-hydrogen) atoms. The number of aromatic nitrogens is 4. The van der Waals surface area contributed by atoms with E-state index in [0.717, 1.165) is 30.3 Å². The molecular formula is C17H26N6O3S. The lowest BCUT2D eigenvalue weighted by Gasteiger charge is -2.31. The predicted octanol–water partition coefficient (Wildman–Crippen LogP) is 1.67. The largest absolute Gasteiger partial charge is 0.384 e. The van der Waals surface area contributed by atoms with Crippen LogP contribution in [0, 0.1) is 0 Å². The van der Waals surface area contributed by atoms with Gasteiger partial charge in [-0.15, -0.1) is 0 Å². The number of likely N-dealkylation sites (tertiary alicyclic amines) is 1. The number of thioether (sulfide) groups is 1. The number of piperidine rings is 1. The van der Waals surface area contributed by atoms with Crippen molar-refractivity contribution < 1.29 is 14.1 Å². The van der Waals surface area contributed by atoms with Crippen LogP contribution < -0.4 is 5.32 Å². The molecule has 2 amide bonds. The lowest BCUT2D eigenvalue weighted by Crippen LogP contribution is -2.45. The van der Waals surface area contributed by atoms with Gasteiger partial charge in [0.25, 0.3) is 0 Å². The van der Waals surface area contributed by atoms with Crippen LogP contribution in [0.5, 0.6) is 0 Å². The summed E-state index contributed by atoms with van der Waals surface area (Å²) in [6, 6.07) is -0.0423. The highest BCUT2D eigenvalue weighted by Crippen LogP contribution is 2.25. The second-order valence-electron chi connectivity index (χ2n) is 6.48. The van der Waals surface area contributed by atoms with Gasteiger partial charge in [0.05, 0.1) is 12.5 Å². The second kappa shape index (κ2) is 9.75. The molecule has 0 aliphatic carbocycles. The molecule has 3 rings (SSSR count). The molecule has 0 bridgehead atoms. The minimum atomic E-state index is -0.0423. The molecule has 1 N–H and O–H groups in total. The quantitative estimate of drug-likeness (QED) is 0.537. The maximum atomic E-state index is 12.5. The van der Waals surface area contributed by atoms with E-state index in [1.54, 1.807) is 25.1 Å². The van der Waals surface area contributed by atoms with Crippen molar-refractivity contribution >= 4 is 17.8 Å². The molecule has 1 fully saturated rings. The van der Waals surface area contributed by atoms with E-state index in [1.807, 2.05) is 22.7 Å². The monoisotopic (exact) mass is 394 g/mol. The summed E-state index contributed by atoms with van der Waals surface area (Å²) < 4.78 is 12.4. The summed E-state index contributed by atoms with van der Waals surface area (Å²) in [5.41, 5.74) is 0. The van der Waals surface area contributed by atoms with Crippen LogP contribution in [-0.4, -0.2) is 69.7 Å². The van der Waals surface area contributed by atoms with Crippen LogP contribution in [0.25, 0.3) is 0 Å². The van der Waals surface area contributed by atoms with Crippen molar-refractivity contribution in [3.05, 3.63) is 24.1 Å². The van der Waals surface area contributed by atoms with E-state index in [9.17, 15) is 4.79 Å². The van der Waals surface area contributed by atoms with Crippen molar-refractivity contribution in [2.75, 3.05) is 39.1 Å². The van der Waals surface area contributed by atoms with Crippen molar-refractivity contribution in [3.63, 3.8) is 0 Å². The Morgan fingerprint density at radius 2 is 2.41 bits per heavy atom. The number of hydrogen-bond acceptors (Lipinski definition) is 7. The molecular weight excluding hydrogens is 368 g/mol. The molecule has 0 unspecified atom stereocenters. The number of hydrogen-bond donors (Lipinski definition) is 1. The first-order valence-electron chi connectivity index (χ1n) is 9.11. The fourth-order valence-electron chi connectivity index (χ4n) is 2.99. The zero-order valence-electron chi connectivity index (χ0n) is 15.8. The van der Waals surface area contributed by atoms with E-state index in [-0.39, 0.29) is 11.9 Å². The Labute approximate surface area is 162 Å². The maximum Gasteiger partial charge on any atom is 0.317 e. The highest BCUT2D eigenvalue weighted by Gasteiger charge is 2.28. The van der Waals surface area contributed by atoms with Crippen molar-refractivity contribution in [1.82, 2.24) is 29.9 Å². The van der Waals surface area contributed by atoms with Gasteiger partial charge in [-0.25, -0.2) is 9.78 Å². The van der Waals surface area contributed by atoms with Crippen LogP contribution in [0.2, 0.25) is 0 Å². The normalized spacial score (nSPS) is 17.3. The van der Waals surface area contributed by atoms with Crippen LogP contribution in [-0.2, 0) is 18.2 Å². The van der Waals surface area contributed by atoms with Gasteiger partial charge in [-0.2, -0.15) is 4.98 Å². The summed E-state index contributed by atoms with van der Waals surface area (Å²) in [5.74, 6) is 2.14. The SMILES string of the molecule is COCCc1noc([C@@H]2CCCN(C(=O)NCCSc3nccn3C)C2)n1. The molecule has 3 heterocycles.